The molecule has 1 N–H and O–H groups in total. The lowest BCUT2D eigenvalue weighted by molar-refractivity contribution is 0.0296. The molecule has 0 saturated carbocycles. The fourth-order valence-corrected chi connectivity index (χ4v) is 3.31. The predicted molar refractivity (Wildman–Crippen MR) is 87.6 cm³/mol. The zero-order valence-corrected chi connectivity index (χ0v) is 13.7. The van der Waals surface area contributed by atoms with E-state index in [9.17, 15) is 4.79 Å². The van der Waals surface area contributed by atoms with Crippen LogP contribution in [0.5, 0.6) is 0 Å². The van der Waals surface area contributed by atoms with Crippen LogP contribution < -0.4 is 10.2 Å². The first-order valence-corrected chi connectivity index (χ1v) is 8.37. The molecule has 126 valence electrons. The number of rotatable bonds is 4. The van der Waals surface area contributed by atoms with Gasteiger partial charge in [0.05, 0.1) is 13.2 Å². The molecule has 7 heteroatoms. The Hall–Kier alpha value is -1.73. The van der Waals surface area contributed by atoms with E-state index in [2.05, 4.69) is 25.3 Å². The third-order valence-corrected chi connectivity index (χ3v) is 4.57. The first-order chi connectivity index (χ1) is 11.3. The van der Waals surface area contributed by atoms with Gasteiger partial charge in [-0.3, -0.25) is 9.69 Å². The monoisotopic (exact) mass is 319 g/mol. The van der Waals surface area contributed by atoms with Crippen molar-refractivity contribution in [3.05, 3.63) is 17.8 Å². The highest BCUT2D eigenvalue weighted by Crippen LogP contribution is 2.22. The van der Waals surface area contributed by atoms with Gasteiger partial charge in [-0.15, -0.1) is 10.2 Å². The van der Waals surface area contributed by atoms with Crippen LogP contribution in [0.2, 0.25) is 0 Å². The number of carbonyl (C=O) groups excluding carboxylic acids is 1. The summed E-state index contributed by atoms with van der Waals surface area (Å²) < 4.78 is 5.42. The average molecular weight is 319 g/mol. The Bertz CT molecular complexity index is 516. The van der Waals surface area contributed by atoms with E-state index in [0.29, 0.717) is 11.6 Å². The van der Waals surface area contributed by atoms with Gasteiger partial charge in [0.1, 0.15) is 0 Å². The molecule has 3 heterocycles. The SMILES string of the molecule is CNC(=O)c1ccc(N2CCCC(CN3CCOCC3)C2)nn1. The van der Waals surface area contributed by atoms with Crippen LogP contribution in [-0.2, 0) is 4.74 Å². The van der Waals surface area contributed by atoms with Crippen LogP contribution in [0.15, 0.2) is 12.1 Å². The molecule has 3 rings (SSSR count). The standard InChI is InChI=1S/C16H25N5O2/c1-17-16(22)14-4-5-15(19-18-14)21-6-2-3-13(12-21)11-20-7-9-23-10-8-20/h4-5,13H,2-3,6-12H2,1H3,(H,17,22). The van der Waals surface area contributed by atoms with Crippen LogP contribution in [0.4, 0.5) is 5.82 Å². The van der Waals surface area contributed by atoms with Gasteiger partial charge in [0.25, 0.3) is 5.91 Å². The summed E-state index contributed by atoms with van der Waals surface area (Å²) in [6.45, 7) is 6.92. The number of aromatic nitrogens is 2. The highest BCUT2D eigenvalue weighted by atomic mass is 16.5. The molecule has 1 atom stereocenters. The second kappa shape index (κ2) is 7.70. The first-order valence-electron chi connectivity index (χ1n) is 8.37. The number of anilines is 1. The Labute approximate surface area is 137 Å². The minimum Gasteiger partial charge on any atom is -0.379 e. The highest BCUT2D eigenvalue weighted by Gasteiger charge is 2.24. The van der Waals surface area contributed by atoms with Crippen molar-refractivity contribution in [2.75, 3.05) is 57.9 Å². The number of amides is 1. The predicted octanol–water partition coefficient (Wildman–Crippen LogP) is 0.385. The summed E-state index contributed by atoms with van der Waals surface area (Å²) in [6, 6.07) is 3.64. The molecule has 0 bridgehead atoms. The van der Waals surface area contributed by atoms with Crippen molar-refractivity contribution in [1.82, 2.24) is 20.4 Å². The lowest BCUT2D eigenvalue weighted by Crippen LogP contribution is -2.44. The van der Waals surface area contributed by atoms with Gasteiger partial charge in [-0.05, 0) is 30.9 Å². The van der Waals surface area contributed by atoms with E-state index >= 15 is 0 Å². The van der Waals surface area contributed by atoms with Gasteiger partial charge in [0, 0.05) is 39.8 Å². The quantitative estimate of drug-likeness (QED) is 0.865. The molecule has 1 aromatic heterocycles. The molecule has 7 nitrogen and oxygen atoms in total. The van der Waals surface area contributed by atoms with E-state index in [1.807, 2.05) is 6.07 Å². The zero-order chi connectivity index (χ0) is 16.1. The summed E-state index contributed by atoms with van der Waals surface area (Å²) in [7, 11) is 1.60. The van der Waals surface area contributed by atoms with Crippen molar-refractivity contribution in [1.29, 1.82) is 0 Å². The molecule has 2 aliphatic heterocycles. The smallest absolute Gasteiger partial charge is 0.271 e. The van der Waals surface area contributed by atoms with Gasteiger partial charge >= 0.3 is 0 Å². The second-order valence-electron chi connectivity index (χ2n) is 6.22. The maximum absolute atomic E-state index is 11.5. The van der Waals surface area contributed by atoms with Crippen LogP contribution in [0, 0.1) is 5.92 Å². The van der Waals surface area contributed by atoms with E-state index in [1.54, 1.807) is 13.1 Å². The molecule has 1 aromatic rings. The Kier molecular flexibility index (Phi) is 5.40. The van der Waals surface area contributed by atoms with Gasteiger partial charge in [-0.25, -0.2) is 0 Å². The van der Waals surface area contributed by atoms with Crippen LogP contribution in [0.3, 0.4) is 0 Å². The summed E-state index contributed by atoms with van der Waals surface area (Å²) in [5.74, 6) is 1.32. The van der Waals surface area contributed by atoms with Gasteiger partial charge in [0.2, 0.25) is 0 Å². The highest BCUT2D eigenvalue weighted by molar-refractivity contribution is 5.91. The number of ether oxygens (including phenoxy) is 1. The summed E-state index contributed by atoms with van der Waals surface area (Å²) in [4.78, 5) is 16.3. The number of hydrogen-bond donors (Lipinski definition) is 1. The fourth-order valence-electron chi connectivity index (χ4n) is 3.31. The Balaban J connectivity index is 1.58. The molecule has 1 amide bonds. The lowest BCUT2D eigenvalue weighted by Gasteiger charge is -2.37. The summed E-state index contributed by atoms with van der Waals surface area (Å²) in [5, 5.41) is 10.8. The maximum Gasteiger partial charge on any atom is 0.271 e. The third kappa shape index (κ3) is 4.17. The van der Waals surface area contributed by atoms with Crippen LogP contribution in [0.1, 0.15) is 23.3 Å². The van der Waals surface area contributed by atoms with Crippen LogP contribution in [0.25, 0.3) is 0 Å². The summed E-state index contributed by atoms with van der Waals surface area (Å²) in [5.41, 5.74) is 0.359. The Morgan fingerprint density at radius 3 is 2.83 bits per heavy atom. The number of carbonyl (C=O) groups is 1. The van der Waals surface area contributed by atoms with Gasteiger partial charge < -0.3 is 15.0 Å². The van der Waals surface area contributed by atoms with Gasteiger partial charge in [0.15, 0.2) is 11.5 Å². The topological polar surface area (TPSA) is 70.6 Å². The summed E-state index contributed by atoms with van der Waals surface area (Å²) in [6.07, 6.45) is 2.44. The van der Waals surface area contributed by atoms with E-state index in [-0.39, 0.29) is 5.91 Å². The second-order valence-corrected chi connectivity index (χ2v) is 6.22. The number of nitrogens with one attached hydrogen (secondary N) is 1. The van der Waals surface area contributed by atoms with Crippen molar-refractivity contribution in [3.8, 4) is 0 Å². The molecule has 0 aliphatic carbocycles. The van der Waals surface area contributed by atoms with Gasteiger partial charge in [-0.1, -0.05) is 0 Å². The molecular weight excluding hydrogens is 294 g/mol. The average Bonchev–Trinajstić information content (AvgIpc) is 2.62. The molecule has 0 aromatic carbocycles. The maximum atomic E-state index is 11.5. The molecule has 1 unspecified atom stereocenters. The minimum absolute atomic E-state index is 0.201. The Morgan fingerprint density at radius 1 is 1.30 bits per heavy atom. The van der Waals surface area contributed by atoms with Crippen molar-refractivity contribution >= 4 is 11.7 Å². The third-order valence-electron chi connectivity index (χ3n) is 4.57. The normalized spacial score (nSPS) is 22.8. The molecule has 2 saturated heterocycles. The number of piperidine rings is 1. The number of hydrogen-bond acceptors (Lipinski definition) is 6. The van der Waals surface area contributed by atoms with Gasteiger partial charge in [-0.2, -0.15) is 0 Å². The largest absolute Gasteiger partial charge is 0.379 e. The molecule has 2 aliphatic rings. The zero-order valence-electron chi connectivity index (χ0n) is 13.7. The molecule has 2 fully saturated rings. The van der Waals surface area contributed by atoms with E-state index < -0.39 is 0 Å². The molecule has 0 radical (unpaired) electrons. The number of morpholine rings is 1. The van der Waals surface area contributed by atoms with Crippen molar-refractivity contribution < 1.29 is 9.53 Å². The first kappa shape index (κ1) is 16.1. The van der Waals surface area contributed by atoms with Crippen molar-refractivity contribution in [2.24, 2.45) is 5.92 Å². The molecule has 23 heavy (non-hydrogen) atoms. The molecule has 0 spiro atoms. The minimum atomic E-state index is -0.201. The molecular formula is C16H25N5O2. The Morgan fingerprint density at radius 2 is 2.13 bits per heavy atom. The fraction of sp³-hybridized carbons (Fsp3) is 0.688. The van der Waals surface area contributed by atoms with Crippen LogP contribution >= 0.6 is 0 Å². The van der Waals surface area contributed by atoms with Crippen molar-refractivity contribution in [3.63, 3.8) is 0 Å². The van der Waals surface area contributed by atoms with E-state index in [0.717, 1.165) is 51.8 Å². The van der Waals surface area contributed by atoms with E-state index in [1.165, 1.54) is 12.8 Å². The van der Waals surface area contributed by atoms with Crippen molar-refractivity contribution in [2.45, 2.75) is 12.8 Å². The lowest BCUT2D eigenvalue weighted by atomic mass is 9.97. The number of nitrogens with zero attached hydrogens (tertiary/aromatic N) is 4. The summed E-state index contributed by atoms with van der Waals surface area (Å²) >= 11 is 0. The van der Waals surface area contributed by atoms with Crippen LogP contribution in [-0.4, -0.2) is 74.0 Å². The van der Waals surface area contributed by atoms with E-state index in [4.69, 9.17) is 4.74 Å².